The van der Waals surface area contributed by atoms with Gasteiger partial charge in [0, 0.05) is 23.7 Å². The van der Waals surface area contributed by atoms with Crippen molar-refractivity contribution in [1.82, 2.24) is 10.7 Å². The second kappa shape index (κ2) is 9.48. The van der Waals surface area contributed by atoms with Gasteiger partial charge < -0.3 is 9.73 Å². The lowest BCUT2D eigenvalue weighted by atomic mass is 9.95. The molecule has 2 N–H and O–H groups in total. The quantitative estimate of drug-likeness (QED) is 0.413. The number of furan rings is 1. The molecule has 2 aromatic rings. The number of nitro groups is 1. The van der Waals surface area contributed by atoms with Crippen molar-refractivity contribution in [2.24, 2.45) is 5.10 Å². The molecule has 0 spiro atoms. The molecule has 1 saturated carbocycles. The molecular weight excluding hydrogens is 384 g/mol. The molecule has 148 valence electrons. The number of carbonyl (C=O) groups excluding carboxylic acids is 1. The zero-order valence-electron chi connectivity index (χ0n) is 15.2. The molecule has 1 heterocycles. The van der Waals surface area contributed by atoms with Crippen LogP contribution in [-0.4, -0.2) is 29.6 Å². The number of nitrogens with one attached hydrogen (secondary N) is 2. The molecule has 1 aliphatic carbocycles. The molecule has 1 aromatic heterocycles. The summed E-state index contributed by atoms with van der Waals surface area (Å²) in [5, 5.41) is 18.1. The fourth-order valence-electron chi connectivity index (χ4n) is 3.14. The largest absolute Gasteiger partial charge is 0.455 e. The number of non-ortho nitro benzene ring substituents is 1. The lowest BCUT2D eigenvalue weighted by molar-refractivity contribution is -0.384. The number of halogens is 1. The third kappa shape index (κ3) is 5.40. The van der Waals surface area contributed by atoms with Crippen LogP contribution in [0.1, 0.15) is 37.9 Å². The van der Waals surface area contributed by atoms with Crippen LogP contribution in [-0.2, 0) is 4.79 Å². The number of nitro benzene ring substituents is 1. The Morgan fingerprint density at radius 1 is 1.29 bits per heavy atom. The average Bonchev–Trinajstić information content (AvgIpc) is 3.15. The summed E-state index contributed by atoms with van der Waals surface area (Å²) >= 11 is 6.10. The van der Waals surface area contributed by atoms with Gasteiger partial charge in [-0.3, -0.25) is 14.9 Å². The molecule has 0 atom stereocenters. The molecule has 0 unspecified atom stereocenters. The van der Waals surface area contributed by atoms with Crippen LogP contribution >= 0.6 is 11.6 Å². The standard InChI is InChI=1S/C19H21ClN4O4/c20-17-10-14(24(26)27)6-8-16(17)18-9-7-15(28-18)11-22-23-19(25)12-21-13-4-2-1-3-5-13/h6-11,13,21H,1-5,12H2,(H,23,25)/b22-11-. The predicted octanol–water partition coefficient (Wildman–Crippen LogP) is 3.88. The molecule has 3 rings (SSSR count). The fraction of sp³-hybridized carbons (Fsp3) is 0.368. The Bertz CT molecular complexity index is 875. The molecule has 1 aliphatic rings. The molecule has 28 heavy (non-hydrogen) atoms. The molecule has 0 bridgehead atoms. The number of amides is 1. The van der Waals surface area contributed by atoms with E-state index in [9.17, 15) is 14.9 Å². The van der Waals surface area contributed by atoms with Crippen molar-refractivity contribution >= 4 is 29.4 Å². The molecule has 1 fully saturated rings. The first kappa shape index (κ1) is 20.0. The van der Waals surface area contributed by atoms with Gasteiger partial charge in [0.25, 0.3) is 11.6 Å². The van der Waals surface area contributed by atoms with Crippen LogP contribution in [0.3, 0.4) is 0 Å². The maximum absolute atomic E-state index is 11.8. The van der Waals surface area contributed by atoms with E-state index in [4.69, 9.17) is 16.0 Å². The normalized spacial score (nSPS) is 15.0. The van der Waals surface area contributed by atoms with Crippen molar-refractivity contribution in [2.45, 2.75) is 38.1 Å². The summed E-state index contributed by atoms with van der Waals surface area (Å²) in [6.07, 6.45) is 7.29. The molecule has 0 radical (unpaired) electrons. The molecule has 8 nitrogen and oxygen atoms in total. The highest BCUT2D eigenvalue weighted by molar-refractivity contribution is 6.33. The number of carbonyl (C=O) groups is 1. The molecule has 1 aromatic carbocycles. The van der Waals surface area contributed by atoms with Crippen LogP contribution < -0.4 is 10.7 Å². The predicted molar refractivity (Wildman–Crippen MR) is 106 cm³/mol. The number of rotatable bonds is 7. The van der Waals surface area contributed by atoms with Gasteiger partial charge in [-0.15, -0.1) is 0 Å². The van der Waals surface area contributed by atoms with Gasteiger partial charge in [-0.05, 0) is 31.0 Å². The third-order valence-electron chi connectivity index (χ3n) is 4.59. The monoisotopic (exact) mass is 404 g/mol. The summed E-state index contributed by atoms with van der Waals surface area (Å²) in [6.45, 7) is 0.226. The van der Waals surface area contributed by atoms with Crippen LogP contribution in [0.15, 0.2) is 39.9 Å². The van der Waals surface area contributed by atoms with Crippen molar-refractivity contribution in [1.29, 1.82) is 0 Å². The topological polar surface area (TPSA) is 110 Å². The smallest absolute Gasteiger partial charge is 0.270 e. The zero-order chi connectivity index (χ0) is 19.9. The highest BCUT2D eigenvalue weighted by Gasteiger charge is 2.14. The number of hydrazone groups is 1. The third-order valence-corrected chi connectivity index (χ3v) is 4.91. The second-order valence-electron chi connectivity index (χ2n) is 6.63. The number of benzene rings is 1. The summed E-state index contributed by atoms with van der Waals surface area (Å²) in [5.74, 6) is 0.656. The van der Waals surface area contributed by atoms with Crippen molar-refractivity contribution in [3.8, 4) is 11.3 Å². The van der Waals surface area contributed by atoms with Gasteiger partial charge in [0.2, 0.25) is 0 Å². The summed E-state index contributed by atoms with van der Waals surface area (Å²) in [6, 6.07) is 7.91. The van der Waals surface area contributed by atoms with E-state index < -0.39 is 4.92 Å². The lowest BCUT2D eigenvalue weighted by Crippen LogP contribution is -2.38. The van der Waals surface area contributed by atoms with Crippen molar-refractivity contribution in [3.63, 3.8) is 0 Å². The minimum atomic E-state index is -0.512. The minimum absolute atomic E-state index is 0.0911. The summed E-state index contributed by atoms with van der Waals surface area (Å²) < 4.78 is 5.62. The molecule has 0 saturated heterocycles. The average molecular weight is 405 g/mol. The van der Waals surface area contributed by atoms with Crippen molar-refractivity contribution < 1.29 is 14.1 Å². The van der Waals surface area contributed by atoms with E-state index in [0.29, 0.717) is 23.1 Å². The van der Waals surface area contributed by atoms with Gasteiger partial charge in [-0.25, -0.2) is 5.43 Å². The van der Waals surface area contributed by atoms with E-state index in [-0.39, 0.29) is 23.2 Å². The number of nitrogens with zero attached hydrogens (tertiary/aromatic N) is 2. The Morgan fingerprint density at radius 2 is 2.07 bits per heavy atom. The van der Waals surface area contributed by atoms with Crippen LogP contribution in [0.25, 0.3) is 11.3 Å². The Balaban J connectivity index is 1.52. The molecule has 9 heteroatoms. The van der Waals surface area contributed by atoms with Gasteiger partial charge in [0.05, 0.1) is 22.7 Å². The van der Waals surface area contributed by atoms with Crippen molar-refractivity contribution in [2.75, 3.05) is 6.54 Å². The van der Waals surface area contributed by atoms with Crippen LogP contribution in [0.4, 0.5) is 5.69 Å². The van der Waals surface area contributed by atoms with E-state index in [0.717, 1.165) is 12.8 Å². The molecular formula is C19H21ClN4O4. The summed E-state index contributed by atoms with van der Waals surface area (Å²) in [7, 11) is 0. The van der Waals surface area contributed by atoms with E-state index in [1.165, 1.54) is 43.7 Å². The first-order chi connectivity index (χ1) is 13.5. The van der Waals surface area contributed by atoms with Gasteiger partial charge in [-0.1, -0.05) is 30.9 Å². The zero-order valence-corrected chi connectivity index (χ0v) is 15.9. The minimum Gasteiger partial charge on any atom is -0.455 e. The van der Waals surface area contributed by atoms with Gasteiger partial charge in [0.1, 0.15) is 11.5 Å². The Morgan fingerprint density at radius 3 is 2.79 bits per heavy atom. The Hall–Kier alpha value is -2.71. The van der Waals surface area contributed by atoms with E-state index in [2.05, 4.69) is 15.8 Å². The van der Waals surface area contributed by atoms with Crippen LogP contribution in [0.5, 0.6) is 0 Å². The van der Waals surface area contributed by atoms with Gasteiger partial charge in [0.15, 0.2) is 0 Å². The first-order valence-electron chi connectivity index (χ1n) is 9.12. The van der Waals surface area contributed by atoms with E-state index in [1.54, 1.807) is 12.1 Å². The van der Waals surface area contributed by atoms with Crippen molar-refractivity contribution in [3.05, 3.63) is 51.2 Å². The van der Waals surface area contributed by atoms with Gasteiger partial charge >= 0.3 is 0 Å². The molecule has 1 amide bonds. The Kier molecular flexibility index (Phi) is 6.78. The summed E-state index contributed by atoms with van der Waals surface area (Å²) in [5.41, 5.74) is 2.90. The highest BCUT2D eigenvalue weighted by Crippen LogP contribution is 2.32. The van der Waals surface area contributed by atoms with Crippen LogP contribution in [0, 0.1) is 10.1 Å². The second-order valence-corrected chi connectivity index (χ2v) is 7.04. The van der Waals surface area contributed by atoms with E-state index in [1.807, 2.05) is 0 Å². The maximum atomic E-state index is 11.8. The lowest BCUT2D eigenvalue weighted by Gasteiger charge is -2.22. The highest BCUT2D eigenvalue weighted by atomic mass is 35.5. The fourth-order valence-corrected chi connectivity index (χ4v) is 3.40. The SMILES string of the molecule is O=C(CNC1CCCCC1)N/N=C\c1ccc(-c2ccc([N+](=O)[O-])cc2Cl)o1. The van der Waals surface area contributed by atoms with Crippen LogP contribution in [0.2, 0.25) is 5.02 Å². The first-order valence-corrected chi connectivity index (χ1v) is 9.50. The number of hydrogen-bond donors (Lipinski definition) is 2. The number of hydrogen-bond acceptors (Lipinski definition) is 6. The summed E-state index contributed by atoms with van der Waals surface area (Å²) in [4.78, 5) is 22.1. The van der Waals surface area contributed by atoms with Gasteiger partial charge in [-0.2, -0.15) is 5.10 Å². The maximum Gasteiger partial charge on any atom is 0.270 e. The molecule has 0 aliphatic heterocycles. The Labute approximate surface area is 167 Å². The van der Waals surface area contributed by atoms with E-state index >= 15 is 0 Å².